The van der Waals surface area contributed by atoms with Gasteiger partial charge in [-0.2, -0.15) is 8.42 Å². The van der Waals surface area contributed by atoms with Crippen LogP contribution in [0.4, 0.5) is 0 Å². The Morgan fingerprint density at radius 2 is 1.37 bits per heavy atom. The number of fused-ring (bicyclic) bond motifs is 5. The van der Waals surface area contributed by atoms with E-state index in [0.29, 0.717) is 55.3 Å². The van der Waals surface area contributed by atoms with Gasteiger partial charge in [0.1, 0.15) is 0 Å². The van der Waals surface area contributed by atoms with Crippen molar-refractivity contribution in [3.8, 4) is 0 Å². The van der Waals surface area contributed by atoms with Gasteiger partial charge in [0.25, 0.3) is 0 Å². The van der Waals surface area contributed by atoms with Crippen LogP contribution in [0.2, 0.25) is 0 Å². The molecule has 0 heterocycles. The lowest BCUT2D eigenvalue weighted by atomic mass is 9.60. The fourth-order valence-corrected chi connectivity index (χ4v) is 10.3. The normalized spacial score (nSPS) is 44.9. The molecular weight excluding hydrogens is 428 g/mol. The van der Waals surface area contributed by atoms with Crippen LogP contribution in [0.15, 0.2) is 0 Å². The Kier molecular flexibility index (Phi) is 5.44. The Balaban J connectivity index is 1.67. The van der Waals surface area contributed by atoms with Crippen molar-refractivity contribution in [2.75, 3.05) is 0 Å². The maximum Gasteiger partial charge on any atom is 0.333 e. The molecule has 0 radical (unpaired) electrons. The quantitative estimate of drug-likeness (QED) is 0.547. The molecular formula is C20H36N2O6S2. The molecule has 0 aromatic rings. The van der Waals surface area contributed by atoms with Gasteiger partial charge in [0.15, 0.2) is 0 Å². The van der Waals surface area contributed by atoms with Crippen LogP contribution < -0.4 is 10.0 Å². The van der Waals surface area contributed by atoms with E-state index in [1.807, 2.05) is 0 Å². The first-order valence-electron chi connectivity index (χ1n) is 11.1. The Hall–Kier alpha value is -0.260. The van der Waals surface area contributed by atoms with E-state index in [2.05, 4.69) is 27.7 Å². The van der Waals surface area contributed by atoms with Crippen LogP contribution in [0, 0.1) is 46.3 Å². The molecule has 4 fully saturated rings. The Morgan fingerprint density at radius 1 is 0.867 bits per heavy atom. The minimum absolute atomic E-state index is 0.0386. The third kappa shape index (κ3) is 3.46. The minimum atomic E-state index is -3.98. The molecule has 0 aliphatic heterocycles. The molecule has 0 aromatic carbocycles. The van der Waals surface area contributed by atoms with Crippen molar-refractivity contribution in [1.82, 2.24) is 4.89 Å². The van der Waals surface area contributed by atoms with E-state index < -0.39 is 25.6 Å². The lowest BCUT2D eigenvalue weighted by Gasteiger charge is -2.46. The van der Waals surface area contributed by atoms with E-state index >= 15 is 0 Å². The molecule has 0 amide bonds. The second-order valence-corrected chi connectivity index (χ2v) is 14.4. The lowest BCUT2D eigenvalue weighted by molar-refractivity contribution is 0.0152. The average molecular weight is 465 g/mol. The zero-order valence-electron chi connectivity index (χ0n) is 18.2. The SMILES string of the molecule is CC1(C)C2CCC(S(=O)(=O)NO)CC2C2C1C1CC(OS(N)(=O)=O)CCC1C2(C)C. The van der Waals surface area contributed by atoms with Crippen LogP contribution in [-0.2, 0) is 24.5 Å². The van der Waals surface area contributed by atoms with Gasteiger partial charge in [-0.25, -0.2) is 13.6 Å². The van der Waals surface area contributed by atoms with Crippen LogP contribution >= 0.6 is 0 Å². The van der Waals surface area contributed by atoms with Gasteiger partial charge in [-0.3, -0.25) is 4.18 Å². The number of nitrogens with two attached hydrogens (primary N) is 1. The van der Waals surface area contributed by atoms with E-state index in [1.165, 1.54) is 0 Å². The van der Waals surface area contributed by atoms with Crippen LogP contribution in [-0.4, -0.2) is 33.4 Å². The summed E-state index contributed by atoms with van der Waals surface area (Å²) in [6.45, 7) is 9.27. The fraction of sp³-hybridized carbons (Fsp3) is 1.00. The number of hydrogen-bond donors (Lipinski definition) is 3. The summed E-state index contributed by atoms with van der Waals surface area (Å²) < 4.78 is 52.9. The van der Waals surface area contributed by atoms with Gasteiger partial charge in [-0.1, -0.05) is 32.6 Å². The van der Waals surface area contributed by atoms with Gasteiger partial charge in [0, 0.05) is 0 Å². The van der Waals surface area contributed by atoms with Crippen molar-refractivity contribution in [2.45, 2.75) is 77.6 Å². The predicted molar refractivity (Wildman–Crippen MR) is 112 cm³/mol. The number of rotatable bonds is 4. The molecule has 0 spiro atoms. The van der Waals surface area contributed by atoms with E-state index in [4.69, 9.17) is 14.5 Å². The third-order valence-electron chi connectivity index (χ3n) is 9.48. The van der Waals surface area contributed by atoms with Crippen LogP contribution in [0.5, 0.6) is 0 Å². The number of hydrogen-bond acceptors (Lipinski definition) is 6. The van der Waals surface area contributed by atoms with Crippen LogP contribution in [0.1, 0.15) is 66.2 Å². The lowest BCUT2D eigenvalue weighted by Crippen LogP contribution is -2.44. The summed E-state index contributed by atoms with van der Waals surface area (Å²) in [5.74, 6) is 2.28. The average Bonchev–Trinajstić information content (AvgIpc) is 3.01. The highest BCUT2D eigenvalue weighted by Crippen LogP contribution is 2.74. The van der Waals surface area contributed by atoms with Crippen molar-refractivity contribution in [3.05, 3.63) is 0 Å². The molecule has 0 aromatic heterocycles. The first-order valence-corrected chi connectivity index (χ1v) is 14.1. The molecule has 8 atom stereocenters. The molecule has 4 aliphatic rings. The Bertz CT molecular complexity index is 898. The molecule has 0 saturated heterocycles. The van der Waals surface area contributed by atoms with Gasteiger partial charge < -0.3 is 5.21 Å². The summed E-state index contributed by atoms with van der Waals surface area (Å²) >= 11 is 0. The largest absolute Gasteiger partial charge is 0.333 e. The molecule has 4 saturated carbocycles. The summed E-state index contributed by atoms with van der Waals surface area (Å²) in [5, 5.41) is 13.7. The van der Waals surface area contributed by atoms with Crippen molar-refractivity contribution < 1.29 is 26.2 Å². The van der Waals surface area contributed by atoms with E-state index in [-0.39, 0.29) is 22.9 Å². The highest BCUT2D eigenvalue weighted by atomic mass is 32.2. The molecule has 0 bridgehead atoms. The smallest absolute Gasteiger partial charge is 0.302 e. The zero-order valence-corrected chi connectivity index (χ0v) is 19.9. The predicted octanol–water partition coefficient (Wildman–Crippen LogP) is 2.40. The third-order valence-corrected chi connectivity index (χ3v) is 11.6. The van der Waals surface area contributed by atoms with Crippen molar-refractivity contribution in [2.24, 2.45) is 51.5 Å². The maximum atomic E-state index is 12.3. The highest BCUT2D eigenvalue weighted by molar-refractivity contribution is 7.89. The fourth-order valence-electron chi connectivity index (χ4n) is 8.66. The second-order valence-electron chi connectivity index (χ2n) is 11.3. The van der Waals surface area contributed by atoms with Gasteiger partial charge in [0.05, 0.1) is 11.4 Å². The Labute approximate surface area is 180 Å². The zero-order chi connectivity index (χ0) is 22.3. The van der Waals surface area contributed by atoms with Gasteiger partial charge in [-0.05, 0) is 84.9 Å². The van der Waals surface area contributed by atoms with Crippen LogP contribution in [0.3, 0.4) is 0 Å². The maximum absolute atomic E-state index is 12.3. The topological polar surface area (TPSA) is 136 Å². The molecule has 30 heavy (non-hydrogen) atoms. The molecule has 4 rings (SSSR count). The first kappa shape index (κ1) is 22.9. The molecule has 8 nitrogen and oxygen atoms in total. The van der Waals surface area contributed by atoms with Gasteiger partial charge >= 0.3 is 10.3 Å². The molecule has 4 aliphatic carbocycles. The number of nitrogens with one attached hydrogen (secondary N) is 1. The molecule has 8 unspecified atom stereocenters. The molecule has 174 valence electrons. The monoisotopic (exact) mass is 464 g/mol. The van der Waals surface area contributed by atoms with E-state index in [0.717, 1.165) is 12.8 Å². The van der Waals surface area contributed by atoms with Gasteiger partial charge in [0.2, 0.25) is 10.0 Å². The summed E-state index contributed by atoms with van der Waals surface area (Å²) in [4.78, 5) is 1.56. The Morgan fingerprint density at radius 3 is 1.87 bits per heavy atom. The highest BCUT2D eigenvalue weighted by Gasteiger charge is 2.69. The second kappa shape index (κ2) is 7.12. The summed E-state index contributed by atoms with van der Waals surface area (Å²) in [5.41, 5.74) is 0.0771. The van der Waals surface area contributed by atoms with Crippen molar-refractivity contribution in [1.29, 1.82) is 0 Å². The van der Waals surface area contributed by atoms with Crippen molar-refractivity contribution in [3.63, 3.8) is 0 Å². The van der Waals surface area contributed by atoms with Crippen LogP contribution in [0.25, 0.3) is 0 Å². The summed E-state index contributed by atoms with van der Waals surface area (Å²) in [6.07, 6.45) is 3.87. The summed E-state index contributed by atoms with van der Waals surface area (Å²) in [6, 6.07) is 0. The number of sulfonamides is 1. The van der Waals surface area contributed by atoms with Crippen molar-refractivity contribution >= 4 is 20.3 Å². The minimum Gasteiger partial charge on any atom is -0.302 e. The summed E-state index contributed by atoms with van der Waals surface area (Å²) in [7, 11) is -7.69. The molecule has 10 heteroatoms. The standard InChI is InChI=1S/C20H36N2O6S2/c1-19(2)15-7-5-11(28-30(21,26)27)9-13(15)17-18(19)14-10-12(29(24,25)22-23)6-8-16(14)20(17,3)4/h11-18,22-23H,5-10H2,1-4H3,(H2,21,26,27). The molecule has 4 N–H and O–H groups in total. The van der Waals surface area contributed by atoms with E-state index in [1.54, 1.807) is 4.89 Å². The van der Waals surface area contributed by atoms with Gasteiger partial charge in [-0.15, -0.1) is 0 Å². The first-order chi connectivity index (χ1) is 13.7. The van der Waals surface area contributed by atoms with E-state index in [9.17, 15) is 16.8 Å².